The van der Waals surface area contributed by atoms with Gasteiger partial charge >= 0.3 is 5.97 Å². The molecule has 1 aliphatic carbocycles. The number of nitrogens with zero attached hydrogens (tertiary/aromatic N) is 2. The second-order valence-electron chi connectivity index (χ2n) is 10.4. The zero-order chi connectivity index (χ0) is 27.2. The van der Waals surface area contributed by atoms with Crippen LogP contribution < -0.4 is 0 Å². The first-order valence-electron chi connectivity index (χ1n) is 12.5. The van der Waals surface area contributed by atoms with E-state index in [-0.39, 0.29) is 22.0 Å². The standard InChI is InChI=1S/C30H27ClN2O5/c1-4-30(2,3)18-13-17(28-23(15-18)27(29(34)35)21-7-5-6-8-24(21)32-28)14-20-10-12-26(38-20)22-11-9-19(31)16-25(22)33(36)37/h5-12,14,16,18H,4,13,15H2,1-3H3,(H,34,35)/b17-14+. The zero-order valence-electron chi connectivity index (χ0n) is 21.3. The highest BCUT2D eigenvalue weighted by Crippen LogP contribution is 2.46. The normalized spacial score (nSPS) is 16.5. The molecule has 0 saturated carbocycles. The molecule has 0 saturated heterocycles. The average Bonchev–Trinajstić information content (AvgIpc) is 3.35. The summed E-state index contributed by atoms with van der Waals surface area (Å²) in [7, 11) is 0. The molecule has 194 valence electrons. The molecule has 1 aliphatic rings. The number of aromatic carboxylic acids is 1. The van der Waals surface area contributed by atoms with Crippen LogP contribution in [0.4, 0.5) is 5.69 Å². The van der Waals surface area contributed by atoms with Crippen molar-refractivity contribution in [2.45, 2.75) is 40.0 Å². The predicted octanol–water partition coefficient (Wildman–Crippen LogP) is 8.29. The molecule has 5 rings (SSSR count). The summed E-state index contributed by atoms with van der Waals surface area (Å²) >= 11 is 5.98. The lowest BCUT2D eigenvalue weighted by Gasteiger charge is -2.38. The van der Waals surface area contributed by atoms with Crippen LogP contribution in [0.3, 0.4) is 0 Å². The lowest BCUT2D eigenvalue weighted by atomic mass is 9.67. The summed E-state index contributed by atoms with van der Waals surface area (Å²) in [6.45, 7) is 6.56. The summed E-state index contributed by atoms with van der Waals surface area (Å²) < 4.78 is 6.06. The van der Waals surface area contributed by atoms with Crippen LogP contribution in [0.1, 0.15) is 61.0 Å². The molecule has 0 fully saturated rings. The Morgan fingerprint density at radius 1 is 1.21 bits per heavy atom. The van der Waals surface area contributed by atoms with E-state index in [0.29, 0.717) is 52.1 Å². The van der Waals surface area contributed by atoms with E-state index in [1.165, 1.54) is 6.07 Å². The fourth-order valence-electron chi connectivity index (χ4n) is 5.22. The lowest BCUT2D eigenvalue weighted by Crippen LogP contribution is -2.30. The van der Waals surface area contributed by atoms with Crippen molar-refractivity contribution in [3.05, 3.63) is 92.3 Å². The fourth-order valence-corrected chi connectivity index (χ4v) is 5.39. The third-order valence-electron chi connectivity index (χ3n) is 7.81. The molecule has 38 heavy (non-hydrogen) atoms. The molecule has 1 N–H and O–H groups in total. The number of carbonyl (C=O) groups is 1. The molecule has 2 aromatic heterocycles. The highest BCUT2D eigenvalue weighted by Gasteiger charge is 2.36. The van der Waals surface area contributed by atoms with Crippen LogP contribution in [0.5, 0.6) is 0 Å². The van der Waals surface area contributed by atoms with Gasteiger partial charge in [0, 0.05) is 16.5 Å². The molecule has 0 amide bonds. The molecule has 0 bridgehead atoms. The van der Waals surface area contributed by atoms with Gasteiger partial charge in [-0.2, -0.15) is 0 Å². The smallest absolute Gasteiger partial charge is 0.336 e. The Morgan fingerprint density at radius 3 is 2.68 bits per heavy atom. The Morgan fingerprint density at radius 2 is 1.97 bits per heavy atom. The third kappa shape index (κ3) is 4.58. The Labute approximate surface area is 224 Å². The fraction of sp³-hybridized carbons (Fsp3) is 0.267. The second kappa shape index (κ2) is 9.72. The Bertz CT molecular complexity index is 1620. The molecular formula is C30H27ClN2O5. The van der Waals surface area contributed by atoms with Gasteiger partial charge in [0.05, 0.1) is 27.3 Å². The van der Waals surface area contributed by atoms with Crippen molar-refractivity contribution in [3.63, 3.8) is 0 Å². The summed E-state index contributed by atoms with van der Waals surface area (Å²) in [5.74, 6) is 0.0787. The Hall–Kier alpha value is -3.97. The topological polar surface area (TPSA) is 106 Å². The molecule has 0 radical (unpaired) electrons. The van der Waals surface area contributed by atoms with Crippen molar-refractivity contribution in [3.8, 4) is 11.3 Å². The van der Waals surface area contributed by atoms with Crippen molar-refractivity contribution < 1.29 is 19.2 Å². The van der Waals surface area contributed by atoms with E-state index in [1.807, 2.05) is 30.3 Å². The summed E-state index contributed by atoms with van der Waals surface area (Å²) in [5, 5.41) is 22.7. The number of pyridine rings is 1. The summed E-state index contributed by atoms with van der Waals surface area (Å²) in [4.78, 5) is 28.5. The Balaban J connectivity index is 1.68. The van der Waals surface area contributed by atoms with Crippen molar-refractivity contribution in [2.24, 2.45) is 11.3 Å². The number of benzene rings is 2. The number of para-hydroxylation sites is 1. The molecule has 2 heterocycles. The van der Waals surface area contributed by atoms with E-state index in [4.69, 9.17) is 21.0 Å². The van der Waals surface area contributed by atoms with Gasteiger partial charge in [-0.1, -0.05) is 57.0 Å². The van der Waals surface area contributed by atoms with Crippen LogP contribution in [0.15, 0.2) is 59.0 Å². The molecule has 7 nitrogen and oxygen atoms in total. The largest absolute Gasteiger partial charge is 0.478 e. The SMILES string of the molecule is CCC(C)(C)C1C/C(=C\c2ccc(-c3ccc(Cl)cc3[N+](=O)[O-])o2)c2nc3ccccc3c(C(=O)O)c2C1. The molecular weight excluding hydrogens is 504 g/mol. The quantitative estimate of drug-likeness (QED) is 0.198. The van der Waals surface area contributed by atoms with Gasteiger partial charge < -0.3 is 9.52 Å². The van der Waals surface area contributed by atoms with Gasteiger partial charge in [-0.15, -0.1) is 0 Å². The van der Waals surface area contributed by atoms with Gasteiger partial charge in [0.15, 0.2) is 0 Å². The van der Waals surface area contributed by atoms with Crippen molar-refractivity contribution >= 4 is 45.8 Å². The molecule has 0 aliphatic heterocycles. The number of hydrogen-bond donors (Lipinski definition) is 1. The van der Waals surface area contributed by atoms with Crippen molar-refractivity contribution in [2.75, 3.05) is 0 Å². The summed E-state index contributed by atoms with van der Waals surface area (Å²) in [6, 6.07) is 15.2. The minimum atomic E-state index is -0.968. The van der Waals surface area contributed by atoms with E-state index in [9.17, 15) is 20.0 Å². The molecule has 0 spiro atoms. The van der Waals surface area contributed by atoms with Gasteiger partial charge in [0.1, 0.15) is 11.5 Å². The first-order chi connectivity index (χ1) is 18.1. The van der Waals surface area contributed by atoms with Crippen molar-refractivity contribution in [1.29, 1.82) is 0 Å². The summed E-state index contributed by atoms with van der Waals surface area (Å²) in [5.41, 5.74) is 3.37. The first-order valence-corrected chi connectivity index (χ1v) is 12.9. The maximum Gasteiger partial charge on any atom is 0.336 e. The number of allylic oxidation sites excluding steroid dienone is 1. The maximum atomic E-state index is 12.5. The molecule has 4 aromatic rings. The monoisotopic (exact) mass is 530 g/mol. The Kier molecular flexibility index (Phi) is 6.57. The first kappa shape index (κ1) is 25.7. The predicted molar refractivity (Wildman–Crippen MR) is 148 cm³/mol. The van der Waals surface area contributed by atoms with E-state index in [0.717, 1.165) is 17.6 Å². The highest BCUT2D eigenvalue weighted by molar-refractivity contribution is 6.30. The van der Waals surface area contributed by atoms with Gasteiger partial charge in [0.2, 0.25) is 0 Å². The molecule has 2 aromatic carbocycles. The number of carboxylic acids is 1. The highest BCUT2D eigenvalue weighted by atomic mass is 35.5. The van der Waals surface area contributed by atoms with Gasteiger partial charge in [0.25, 0.3) is 5.69 Å². The van der Waals surface area contributed by atoms with Crippen LogP contribution in [0, 0.1) is 21.4 Å². The van der Waals surface area contributed by atoms with Crippen LogP contribution >= 0.6 is 11.6 Å². The number of aromatic nitrogens is 1. The van der Waals surface area contributed by atoms with Crippen LogP contribution in [0.25, 0.3) is 33.9 Å². The van der Waals surface area contributed by atoms with Crippen LogP contribution in [0.2, 0.25) is 5.02 Å². The van der Waals surface area contributed by atoms with E-state index in [2.05, 4.69) is 20.8 Å². The van der Waals surface area contributed by atoms with Gasteiger partial charge in [-0.3, -0.25) is 10.1 Å². The number of fused-ring (bicyclic) bond motifs is 2. The number of halogens is 1. The van der Waals surface area contributed by atoms with E-state index >= 15 is 0 Å². The zero-order valence-corrected chi connectivity index (χ0v) is 22.1. The number of carboxylic acid groups (broad SMARTS) is 1. The number of nitro benzene ring substituents is 1. The van der Waals surface area contributed by atoms with Crippen molar-refractivity contribution in [1.82, 2.24) is 4.98 Å². The molecule has 8 heteroatoms. The average molecular weight is 531 g/mol. The van der Waals surface area contributed by atoms with Crippen LogP contribution in [-0.2, 0) is 6.42 Å². The number of furan rings is 1. The minimum Gasteiger partial charge on any atom is -0.478 e. The molecule has 1 unspecified atom stereocenters. The molecule has 1 atom stereocenters. The van der Waals surface area contributed by atoms with E-state index in [1.54, 1.807) is 24.3 Å². The van der Waals surface area contributed by atoms with Gasteiger partial charge in [-0.25, -0.2) is 9.78 Å². The second-order valence-corrected chi connectivity index (χ2v) is 10.8. The number of rotatable bonds is 6. The summed E-state index contributed by atoms with van der Waals surface area (Å²) in [6.07, 6.45) is 4.15. The minimum absolute atomic E-state index is 0.0313. The van der Waals surface area contributed by atoms with Crippen LogP contribution in [-0.4, -0.2) is 21.0 Å². The third-order valence-corrected chi connectivity index (χ3v) is 8.04. The maximum absolute atomic E-state index is 12.5. The number of hydrogen-bond acceptors (Lipinski definition) is 5. The lowest BCUT2D eigenvalue weighted by molar-refractivity contribution is -0.384. The van der Waals surface area contributed by atoms with Gasteiger partial charge in [-0.05, 0) is 71.7 Å². The number of nitro groups is 1. The van der Waals surface area contributed by atoms with E-state index < -0.39 is 10.9 Å².